The first-order valence-corrected chi connectivity index (χ1v) is 11.2. The van der Waals surface area contributed by atoms with Crippen LogP contribution in [0.15, 0.2) is 71.5 Å². The van der Waals surface area contributed by atoms with E-state index in [1.165, 1.54) is 11.3 Å². The number of nitrogens with zero attached hydrogens (tertiary/aromatic N) is 1. The molecule has 2 N–H and O–H groups in total. The van der Waals surface area contributed by atoms with Crippen LogP contribution in [0.25, 0.3) is 21.0 Å². The second kappa shape index (κ2) is 8.05. The van der Waals surface area contributed by atoms with Crippen LogP contribution in [0.3, 0.4) is 0 Å². The van der Waals surface area contributed by atoms with E-state index in [0.717, 1.165) is 27.6 Å². The predicted molar refractivity (Wildman–Crippen MR) is 131 cm³/mol. The number of nitrogens with one attached hydrogen (secondary N) is 2. The van der Waals surface area contributed by atoms with Gasteiger partial charge in [0.15, 0.2) is 0 Å². The molecule has 0 radical (unpaired) electrons. The van der Waals surface area contributed by atoms with Crippen LogP contribution in [-0.4, -0.2) is 15.9 Å². The van der Waals surface area contributed by atoms with Crippen molar-refractivity contribution in [3.63, 3.8) is 0 Å². The van der Waals surface area contributed by atoms with Crippen LogP contribution in [0.4, 0.5) is 5.69 Å². The Morgan fingerprint density at radius 3 is 2.59 bits per heavy atom. The highest BCUT2D eigenvalue weighted by molar-refractivity contribution is 7.20. The van der Waals surface area contributed by atoms with Crippen molar-refractivity contribution in [1.29, 1.82) is 0 Å². The number of carbonyl (C=O) groups excluding carboxylic acids is 1. The van der Waals surface area contributed by atoms with Gasteiger partial charge in [-0.15, -0.1) is 11.3 Å². The van der Waals surface area contributed by atoms with Crippen molar-refractivity contribution in [3.8, 4) is 0 Å². The molecule has 3 aromatic carbocycles. The highest BCUT2D eigenvalue weighted by Gasteiger charge is 2.20. The minimum Gasteiger partial charge on any atom is -0.321 e. The smallest absolute Gasteiger partial charge is 0.266 e. The standard InChI is InChI=1S/C26H21N3O2S/c1-15-8-3-6-13-20(15)27-25(31)23-16(2)22-24(30)28-21(29-26(22)32-23)14-18-11-7-10-17-9-4-5-12-19(17)18/h3-13H,14H2,1-2H3,(H,27,31)(H,28,29,30). The minimum absolute atomic E-state index is 0.214. The van der Waals surface area contributed by atoms with Crippen molar-refractivity contribution < 1.29 is 4.79 Å². The third-order valence-electron chi connectivity index (χ3n) is 5.69. The fourth-order valence-corrected chi connectivity index (χ4v) is 5.10. The summed E-state index contributed by atoms with van der Waals surface area (Å²) < 4.78 is 0. The molecule has 0 saturated heterocycles. The summed E-state index contributed by atoms with van der Waals surface area (Å²) >= 11 is 1.26. The summed E-state index contributed by atoms with van der Waals surface area (Å²) in [7, 11) is 0. The van der Waals surface area contributed by atoms with Crippen LogP contribution in [-0.2, 0) is 6.42 Å². The highest BCUT2D eigenvalue weighted by Crippen LogP contribution is 2.29. The first-order chi connectivity index (χ1) is 15.5. The zero-order valence-corrected chi connectivity index (χ0v) is 18.5. The Labute approximate surface area is 188 Å². The lowest BCUT2D eigenvalue weighted by Crippen LogP contribution is -2.14. The molecule has 0 fully saturated rings. The van der Waals surface area contributed by atoms with Crippen LogP contribution in [0.5, 0.6) is 0 Å². The molecule has 0 aliphatic rings. The van der Waals surface area contributed by atoms with Crippen LogP contribution < -0.4 is 10.9 Å². The molecule has 5 rings (SSSR count). The van der Waals surface area contributed by atoms with Gasteiger partial charge in [0.05, 0.1) is 10.3 Å². The lowest BCUT2D eigenvalue weighted by Gasteiger charge is -2.07. The van der Waals surface area contributed by atoms with Crippen LogP contribution in [0.1, 0.15) is 32.2 Å². The van der Waals surface area contributed by atoms with Gasteiger partial charge in [-0.2, -0.15) is 0 Å². The fraction of sp³-hybridized carbons (Fsp3) is 0.115. The molecule has 0 aliphatic heterocycles. The van der Waals surface area contributed by atoms with Crippen molar-refractivity contribution in [3.05, 3.63) is 104 Å². The maximum Gasteiger partial charge on any atom is 0.266 e. The van der Waals surface area contributed by atoms with Gasteiger partial charge < -0.3 is 10.3 Å². The molecule has 5 aromatic rings. The van der Waals surface area contributed by atoms with Gasteiger partial charge in [0.2, 0.25) is 0 Å². The van der Waals surface area contributed by atoms with Crippen LogP contribution >= 0.6 is 11.3 Å². The number of carbonyl (C=O) groups is 1. The molecule has 32 heavy (non-hydrogen) atoms. The molecule has 2 aromatic heterocycles. The van der Waals surface area contributed by atoms with Gasteiger partial charge in [0.1, 0.15) is 10.7 Å². The van der Waals surface area contributed by atoms with Gasteiger partial charge >= 0.3 is 0 Å². The summed E-state index contributed by atoms with van der Waals surface area (Å²) in [6, 6.07) is 21.9. The van der Waals surface area contributed by atoms with Crippen molar-refractivity contribution >= 4 is 43.9 Å². The summed E-state index contributed by atoms with van der Waals surface area (Å²) in [4.78, 5) is 34.6. The second-order valence-electron chi connectivity index (χ2n) is 7.83. The number of aromatic nitrogens is 2. The first-order valence-electron chi connectivity index (χ1n) is 10.4. The zero-order valence-electron chi connectivity index (χ0n) is 17.7. The molecule has 0 spiro atoms. The Bertz CT molecular complexity index is 1540. The average molecular weight is 440 g/mol. The second-order valence-corrected chi connectivity index (χ2v) is 8.83. The number of anilines is 1. The Morgan fingerprint density at radius 1 is 1.00 bits per heavy atom. The van der Waals surface area contributed by atoms with Gasteiger partial charge in [-0.3, -0.25) is 9.59 Å². The summed E-state index contributed by atoms with van der Waals surface area (Å²) in [5.74, 6) is 0.362. The molecule has 0 atom stereocenters. The third kappa shape index (κ3) is 3.59. The van der Waals surface area contributed by atoms with Gasteiger partial charge in [-0.05, 0) is 47.4 Å². The molecule has 0 saturated carbocycles. The van der Waals surface area contributed by atoms with Crippen LogP contribution in [0.2, 0.25) is 0 Å². The number of rotatable bonds is 4. The van der Waals surface area contributed by atoms with E-state index in [9.17, 15) is 9.59 Å². The first kappa shape index (κ1) is 20.2. The van der Waals surface area contributed by atoms with Gasteiger partial charge in [-0.1, -0.05) is 60.7 Å². The van der Waals surface area contributed by atoms with Gasteiger partial charge in [-0.25, -0.2) is 4.98 Å². The Morgan fingerprint density at radius 2 is 1.75 bits per heavy atom. The van der Waals surface area contributed by atoms with E-state index in [2.05, 4.69) is 28.5 Å². The van der Waals surface area contributed by atoms with E-state index in [1.807, 2.05) is 55.5 Å². The van der Waals surface area contributed by atoms with E-state index < -0.39 is 0 Å². The lowest BCUT2D eigenvalue weighted by molar-refractivity contribution is 0.103. The topological polar surface area (TPSA) is 74.8 Å². The quantitative estimate of drug-likeness (QED) is 0.383. The van der Waals surface area contributed by atoms with E-state index in [4.69, 9.17) is 4.98 Å². The minimum atomic E-state index is -0.227. The number of H-pyrrole nitrogens is 1. The Hall–Kier alpha value is -3.77. The normalized spacial score (nSPS) is 11.2. The molecule has 158 valence electrons. The summed E-state index contributed by atoms with van der Waals surface area (Å²) in [6.07, 6.45) is 0.508. The Kier molecular flexibility index (Phi) is 5.07. The monoisotopic (exact) mass is 439 g/mol. The number of thiophene rings is 1. The summed E-state index contributed by atoms with van der Waals surface area (Å²) in [5.41, 5.74) is 3.27. The van der Waals surface area contributed by atoms with Crippen molar-refractivity contribution in [1.82, 2.24) is 9.97 Å². The molecule has 6 heteroatoms. The van der Waals surface area contributed by atoms with E-state index in [1.54, 1.807) is 6.92 Å². The van der Waals surface area contributed by atoms with Gasteiger partial charge in [0, 0.05) is 12.1 Å². The lowest BCUT2D eigenvalue weighted by atomic mass is 10.0. The van der Waals surface area contributed by atoms with E-state index in [-0.39, 0.29) is 11.5 Å². The zero-order chi connectivity index (χ0) is 22.2. The molecule has 0 unspecified atom stereocenters. The van der Waals surface area contributed by atoms with Crippen molar-refractivity contribution in [2.24, 2.45) is 0 Å². The SMILES string of the molecule is Cc1ccccc1NC(=O)c1sc2nc(Cc3cccc4ccccc34)[nH]c(=O)c2c1C. The molecule has 0 aliphatic carbocycles. The number of hydrogen-bond acceptors (Lipinski definition) is 4. The molecule has 1 amide bonds. The van der Waals surface area contributed by atoms with E-state index >= 15 is 0 Å². The third-order valence-corrected chi connectivity index (χ3v) is 6.87. The summed E-state index contributed by atoms with van der Waals surface area (Å²) in [6.45, 7) is 3.74. The maximum absolute atomic E-state index is 12.9. The summed E-state index contributed by atoms with van der Waals surface area (Å²) in [5, 5.41) is 5.72. The predicted octanol–water partition coefficient (Wildman–Crippen LogP) is 5.60. The number of aryl methyl sites for hydroxylation is 2. The molecular weight excluding hydrogens is 418 g/mol. The molecule has 0 bridgehead atoms. The highest BCUT2D eigenvalue weighted by atomic mass is 32.1. The maximum atomic E-state index is 12.9. The molecule has 5 nitrogen and oxygen atoms in total. The Balaban J connectivity index is 1.52. The number of amides is 1. The largest absolute Gasteiger partial charge is 0.321 e. The average Bonchev–Trinajstić information content (AvgIpc) is 3.12. The number of para-hydroxylation sites is 1. The molecule has 2 heterocycles. The van der Waals surface area contributed by atoms with E-state index in [0.29, 0.717) is 32.9 Å². The number of benzene rings is 3. The molecular formula is C26H21N3O2S. The number of hydrogen-bond donors (Lipinski definition) is 2. The van der Waals surface area contributed by atoms with Crippen LogP contribution in [0, 0.1) is 13.8 Å². The van der Waals surface area contributed by atoms with Crippen molar-refractivity contribution in [2.45, 2.75) is 20.3 Å². The van der Waals surface area contributed by atoms with Crippen molar-refractivity contribution in [2.75, 3.05) is 5.32 Å². The van der Waals surface area contributed by atoms with Gasteiger partial charge in [0.25, 0.3) is 11.5 Å². The number of fused-ring (bicyclic) bond motifs is 2. The number of aromatic amines is 1. The fourth-order valence-electron chi connectivity index (χ4n) is 4.01.